The fourth-order valence-corrected chi connectivity index (χ4v) is 2.88. The summed E-state index contributed by atoms with van der Waals surface area (Å²) >= 11 is 0. The van der Waals surface area contributed by atoms with Crippen molar-refractivity contribution in [1.82, 2.24) is 10.2 Å². The Kier molecular flexibility index (Phi) is 6.75. The molecule has 2 heteroatoms. The summed E-state index contributed by atoms with van der Waals surface area (Å²) in [6, 6.07) is 0.552. The molecule has 0 saturated carbocycles. The van der Waals surface area contributed by atoms with Crippen LogP contribution in [0.3, 0.4) is 0 Å². The molecule has 0 aromatic heterocycles. The van der Waals surface area contributed by atoms with Crippen molar-refractivity contribution in [2.24, 2.45) is 0 Å². The van der Waals surface area contributed by atoms with Crippen molar-refractivity contribution in [3.8, 4) is 11.8 Å². The van der Waals surface area contributed by atoms with E-state index in [1.54, 1.807) is 0 Å². The van der Waals surface area contributed by atoms with Crippen molar-refractivity contribution < 1.29 is 0 Å². The first kappa shape index (κ1) is 15.5. The zero-order valence-electron chi connectivity index (χ0n) is 12.7. The van der Waals surface area contributed by atoms with Crippen LogP contribution in [0.25, 0.3) is 0 Å². The van der Waals surface area contributed by atoms with Crippen LogP contribution < -0.4 is 5.32 Å². The minimum Gasteiger partial charge on any atom is -0.312 e. The van der Waals surface area contributed by atoms with E-state index in [2.05, 4.69) is 42.8 Å². The SMILES string of the molecule is CC#CCCC(NCCC)C(C)(C)N1CCCC1. The number of rotatable bonds is 7. The van der Waals surface area contributed by atoms with Gasteiger partial charge in [-0.1, -0.05) is 6.92 Å². The number of hydrogen-bond acceptors (Lipinski definition) is 2. The van der Waals surface area contributed by atoms with Crippen LogP contribution in [0.4, 0.5) is 0 Å². The lowest BCUT2D eigenvalue weighted by molar-refractivity contribution is 0.103. The third-order valence-corrected chi connectivity index (χ3v) is 4.15. The number of nitrogens with one attached hydrogen (secondary N) is 1. The summed E-state index contributed by atoms with van der Waals surface area (Å²) in [6.07, 6.45) is 6.09. The highest BCUT2D eigenvalue weighted by Crippen LogP contribution is 2.26. The standard InChI is InChI=1S/C16H30N2/c1-5-7-8-11-15(17-12-6-2)16(3,4)18-13-9-10-14-18/h15,17H,6,8-14H2,1-4H3. The molecule has 1 aliphatic heterocycles. The molecule has 1 fully saturated rings. The predicted molar refractivity (Wildman–Crippen MR) is 79.7 cm³/mol. The van der Waals surface area contributed by atoms with E-state index in [0.717, 1.165) is 19.4 Å². The van der Waals surface area contributed by atoms with E-state index >= 15 is 0 Å². The first-order valence-electron chi connectivity index (χ1n) is 7.51. The molecule has 2 nitrogen and oxygen atoms in total. The summed E-state index contributed by atoms with van der Waals surface area (Å²) in [7, 11) is 0. The molecular weight excluding hydrogens is 220 g/mol. The van der Waals surface area contributed by atoms with Gasteiger partial charge in [0.15, 0.2) is 0 Å². The Balaban J connectivity index is 2.61. The van der Waals surface area contributed by atoms with Crippen molar-refractivity contribution in [2.75, 3.05) is 19.6 Å². The molecule has 1 unspecified atom stereocenters. The maximum Gasteiger partial charge on any atom is 0.0306 e. The molecule has 1 rings (SSSR count). The van der Waals surface area contributed by atoms with Gasteiger partial charge in [0.05, 0.1) is 0 Å². The monoisotopic (exact) mass is 250 g/mol. The molecular formula is C16H30N2. The molecule has 18 heavy (non-hydrogen) atoms. The lowest BCUT2D eigenvalue weighted by Gasteiger charge is -2.42. The van der Waals surface area contributed by atoms with Gasteiger partial charge in [0.25, 0.3) is 0 Å². The molecule has 0 spiro atoms. The van der Waals surface area contributed by atoms with Gasteiger partial charge in [-0.05, 0) is 66.1 Å². The lowest BCUT2D eigenvalue weighted by atomic mass is 9.89. The van der Waals surface area contributed by atoms with Crippen molar-refractivity contribution in [1.29, 1.82) is 0 Å². The summed E-state index contributed by atoms with van der Waals surface area (Å²) < 4.78 is 0. The Hall–Kier alpha value is -0.520. The Labute approximate surface area is 114 Å². The molecule has 104 valence electrons. The molecule has 1 saturated heterocycles. The van der Waals surface area contributed by atoms with Gasteiger partial charge in [-0.25, -0.2) is 0 Å². The van der Waals surface area contributed by atoms with E-state index in [-0.39, 0.29) is 5.54 Å². The second-order valence-electron chi connectivity index (χ2n) is 5.82. The van der Waals surface area contributed by atoms with Gasteiger partial charge >= 0.3 is 0 Å². The van der Waals surface area contributed by atoms with Crippen LogP contribution in [0.1, 0.15) is 59.8 Å². The minimum atomic E-state index is 0.251. The summed E-state index contributed by atoms with van der Waals surface area (Å²) in [5.74, 6) is 6.22. The quantitative estimate of drug-likeness (QED) is 0.699. The highest BCUT2D eigenvalue weighted by Gasteiger charge is 2.35. The van der Waals surface area contributed by atoms with Crippen molar-refractivity contribution in [3.05, 3.63) is 0 Å². The Morgan fingerprint density at radius 2 is 1.94 bits per heavy atom. The van der Waals surface area contributed by atoms with Crippen LogP contribution in [0.5, 0.6) is 0 Å². The van der Waals surface area contributed by atoms with Gasteiger partial charge in [-0.2, -0.15) is 0 Å². The first-order chi connectivity index (χ1) is 8.62. The topological polar surface area (TPSA) is 15.3 Å². The molecule has 0 aliphatic carbocycles. The Morgan fingerprint density at radius 1 is 1.28 bits per heavy atom. The maximum atomic E-state index is 3.74. The van der Waals surface area contributed by atoms with Crippen molar-refractivity contribution in [2.45, 2.75) is 71.4 Å². The molecule has 0 aromatic carbocycles. The van der Waals surface area contributed by atoms with E-state index in [4.69, 9.17) is 0 Å². The maximum absolute atomic E-state index is 3.74. The van der Waals surface area contributed by atoms with Gasteiger partial charge < -0.3 is 5.32 Å². The molecule has 0 radical (unpaired) electrons. The molecule has 1 heterocycles. The van der Waals surface area contributed by atoms with Crippen LogP contribution in [0, 0.1) is 11.8 Å². The summed E-state index contributed by atoms with van der Waals surface area (Å²) in [5, 5.41) is 3.74. The predicted octanol–water partition coefficient (Wildman–Crippen LogP) is 3.03. The largest absolute Gasteiger partial charge is 0.312 e. The van der Waals surface area contributed by atoms with E-state index in [0.29, 0.717) is 6.04 Å². The van der Waals surface area contributed by atoms with E-state index < -0.39 is 0 Å². The first-order valence-corrected chi connectivity index (χ1v) is 7.51. The summed E-state index contributed by atoms with van der Waals surface area (Å²) in [5.41, 5.74) is 0.251. The smallest absolute Gasteiger partial charge is 0.0306 e. The average molecular weight is 250 g/mol. The van der Waals surface area contributed by atoms with Gasteiger partial charge in [0.2, 0.25) is 0 Å². The van der Waals surface area contributed by atoms with E-state index in [1.165, 1.54) is 32.4 Å². The van der Waals surface area contributed by atoms with Gasteiger partial charge in [-0.15, -0.1) is 11.8 Å². The normalized spacial score (nSPS) is 18.4. The second kappa shape index (κ2) is 7.81. The van der Waals surface area contributed by atoms with Crippen LogP contribution in [0.2, 0.25) is 0 Å². The van der Waals surface area contributed by atoms with Crippen molar-refractivity contribution in [3.63, 3.8) is 0 Å². The second-order valence-corrected chi connectivity index (χ2v) is 5.82. The van der Waals surface area contributed by atoms with E-state index in [9.17, 15) is 0 Å². The van der Waals surface area contributed by atoms with Gasteiger partial charge in [0.1, 0.15) is 0 Å². The van der Waals surface area contributed by atoms with Crippen LogP contribution in [0.15, 0.2) is 0 Å². The third-order valence-electron chi connectivity index (χ3n) is 4.15. The zero-order chi connectivity index (χ0) is 13.4. The Morgan fingerprint density at radius 3 is 2.50 bits per heavy atom. The fraction of sp³-hybridized carbons (Fsp3) is 0.875. The van der Waals surface area contributed by atoms with Crippen molar-refractivity contribution >= 4 is 0 Å². The molecule has 0 amide bonds. The van der Waals surface area contributed by atoms with E-state index in [1.807, 2.05) is 6.92 Å². The van der Waals surface area contributed by atoms with Crippen LogP contribution >= 0.6 is 0 Å². The van der Waals surface area contributed by atoms with Gasteiger partial charge in [-0.3, -0.25) is 4.90 Å². The highest BCUT2D eigenvalue weighted by molar-refractivity contribution is 5.00. The lowest BCUT2D eigenvalue weighted by Crippen LogP contribution is -2.57. The zero-order valence-corrected chi connectivity index (χ0v) is 12.7. The molecule has 1 atom stereocenters. The van der Waals surface area contributed by atoms with Crippen LogP contribution in [-0.4, -0.2) is 36.1 Å². The number of hydrogen-bond donors (Lipinski definition) is 1. The summed E-state index contributed by atoms with van der Waals surface area (Å²) in [4.78, 5) is 2.65. The molecule has 1 aliphatic rings. The fourth-order valence-electron chi connectivity index (χ4n) is 2.88. The highest BCUT2D eigenvalue weighted by atomic mass is 15.2. The van der Waals surface area contributed by atoms with Crippen LogP contribution in [-0.2, 0) is 0 Å². The molecule has 0 aromatic rings. The number of nitrogens with zero attached hydrogens (tertiary/aromatic N) is 1. The third kappa shape index (κ3) is 4.30. The minimum absolute atomic E-state index is 0.251. The molecule has 1 N–H and O–H groups in total. The Bertz CT molecular complexity index is 279. The van der Waals surface area contributed by atoms with Gasteiger partial charge in [0, 0.05) is 18.0 Å². The molecule has 0 bridgehead atoms. The average Bonchev–Trinajstić information content (AvgIpc) is 2.87. The summed E-state index contributed by atoms with van der Waals surface area (Å²) in [6.45, 7) is 12.6. The number of likely N-dealkylation sites (tertiary alicyclic amines) is 1.